The molecule has 0 bridgehead atoms. The molecule has 136 valence electrons. The van der Waals surface area contributed by atoms with Crippen LogP contribution in [-0.2, 0) is 9.59 Å². The summed E-state index contributed by atoms with van der Waals surface area (Å²) >= 11 is 0. The van der Waals surface area contributed by atoms with Crippen LogP contribution in [0.5, 0.6) is 0 Å². The number of aryl methyl sites for hydroxylation is 2. The summed E-state index contributed by atoms with van der Waals surface area (Å²) in [6.07, 6.45) is 1.52. The second-order valence-corrected chi connectivity index (χ2v) is 6.78. The lowest BCUT2D eigenvalue weighted by molar-refractivity contribution is -0.129. The molecule has 0 aliphatic carbocycles. The maximum absolute atomic E-state index is 13.4. The zero-order chi connectivity index (χ0) is 19.0. The van der Waals surface area contributed by atoms with E-state index in [0.717, 1.165) is 11.1 Å². The molecule has 27 heavy (non-hydrogen) atoms. The molecule has 1 aromatic heterocycles. The van der Waals surface area contributed by atoms with Crippen molar-refractivity contribution in [2.75, 3.05) is 16.3 Å². The minimum atomic E-state index is -0.828. The number of piperazine rings is 1. The standard InChI is InChI=1S/C22H20N2O3/c1-15-5-9-17(10-6-15)23-14-20(25)24(18-11-7-16(2)8-12-18)21(22(23)26)19-4-3-13-27-19/h3-13,21H,14H2,1-2H3/t21-/m1/s1. The molecular weight excluding hydrogens is 340 g/mol. The van der Waals surface area contributed by atoms with E-state index >= 15 is 0 Å². The molecule has 0 unspecified atom stereocenters. The Morgan fingerprint density at radius 3 is 2.00 bits per heavy atom. The van der Waals surface area contributed by atoms with Crippen molar-refractivity contribution >= 4 is 23.2 Å². The SMILES string of the molecule is Cc1ccc(N2CC(=O)N(c3ccc(C)cc3)[C@H](c3ccco3)C2=O)cc1. The number of amides is 2. The first kappa shape index (κ1) is 17.1. The maximum atomic E-state index is 13.4. The van der Waals surface area contributed by atoms with Crippen LogP contribution in [0.25, 0.3) is 0 Å². The van der Waals surface area contributed by atoms with Gasteiger partial charge in [0.2, 0.25) is 5.91 Å². The molecule has 4 rings (SSSR count). The third-order valence-electron chi connectivity index (χ3n) is 4.79. The summed E-state index contributed by atoms with van der Waals surface area (Å²) in [5.74, 6) is 0.111. The van der Waals surface area contributed by atoms with Crippen molar-refractivity contribution in [3.05, 3.63) is 83.8 Å². The quantitative estimate of drug-likeness (QED) is 0.709. The van der Waals surface area contributed by atoms with Crippen LogP contribution in [0.3, 0.4) is 0 Å². The molecule has 1 aliphatic heterocycles. The van der Waals surface area contributed by atoms with E-state index in [4.69, 9.17) is 4.42 Å². The van der Waals surface area contributed by atoms with Crippen molar-refractivity contribution in [2.24, 2.45) is 0 Å². The Bertz CT molecular complexity index is 960. The number of anilines is 2. The highest BCUT2D eigenvalue weighted by Crippen LogP contribution is 2.34. The monoisotopic (exact) mass is 360 g/mol. The molecule has 2 amide bonds. The number of nitrogens with zero attached hydrogens (tertiary/aromatic N) is 2. The third kappa shape index (κ3) is 3.12. The van der Waals surface area contributed by atoms with Crippen LogP contribution < -0.4 is 9.80 Å². The van der Waals surface area contributed by atoms with Crippen molar-refractivity contribution in [3.63, 3.8) is 0 Å². The van der Waals surface area contributed by atoms with E-state index in [1.807, 2.05) is 62.4 Å². The van der Waals surface area contributed by atoms with Crippen LogP contribution in [0.1, 0.15) is 22.9 Å². The van der Waals surface area contributed by atoms with Crippen molar-refractivity contribution < 1.29 is 14.0 Å². The molecule has 0 saturated carbocycles. The number of carbonyl (C=O) groups is 2. The van der Waals surface area contributed by atoms with Crippen LogP contribution in [0.2, 0.25) is 0 Å². The van der Waals surface area contributed by atoms with Gasteiger partial charge in [-0.3, -0.25) is 14.5 Å². The van der Waals surface area contributed by atoms with Gasteiger partial charge in [-0.1, -0.05) is 35.4 Å². The van der Waals surface area contributed by atoms with Gasteiger partial charge in [0, 0.05) is 11.4 Å². The topological polar surface area (TPSA) is 53.8 Å². The van der Waals surface area contributed by atoms with E-state index in [1.165, 1.54) is 16.1 Å². The molecule has 1 fully saturated rings. The Morgan fingerprint density at radius 1 is 0.852 bits per heavy atom. The second-order valence-electron chi connectivity index (χ2n) is 6.78. The van der Waals surface area contributed by atoms with Gasteiger partial charge in [-0.2, -0.15) is 0 Å². The van der Waals surface area contributed by atoms with E-state index in [9.17, 15) is 9.59 Å². The van der Waals surface area contributed by atoms with Crippen LogP contribution in [-0.4, -0.2) is 18.4 Å². The second kappa shape index (κ2) is 6.76. The van der Waals surface area contributed by atoms with Crippen LogP contribution >= 0.6 is 0 Å². The van der Waals surface area contributed by atoms with Gasteiger partial charge in [-0.25, -0.2) is 0 Å². The maximum Gasteiger partial charge on any atom is 0.258 e. The zero-order valence-corrected chi connectivity index (χ0v) is 15.3. The Morgan fingerprint density at radius 2 is 1.44 bits per heavy atom. The van der Waals surface area contributed by atoms with Crippen LogP contribution in [0.4, 0.5) is 11.4 Å². The molecular formula is C22H20N2O3. The van der Waals surface area contributed by atoms with E-state index in [1.54, 1.807) is 12.1 Å². The first-order chi connectivity index (χ1) is 13.0. The molecule has 1 atom stereocenters. The number of benzene rings is 2. The van der Waals surface area contributed by atoms with Crippen molar-refractivity contribution in [1.29, 1.82) is 0 Å². The average molecular weight is 360 g/mol. The van der Waals surface area contributed by atoms with Crippen LogP contribution in [0.15, 0.2) is 71.3 Å². The van der Waals surface area contributed by atoms with E-state index < -0.39 is 6.04 Å². The number of hydrogen-bond donors (Lipinski definition) is 0. The lowest BCUT2D eigenvalue weighted by Crippen LogP contribution is -2.56. The fourth-order valence-corrected chi connectivity index (χ4v) is 3.33. The molecule has 5 heteroatoms. The van der Waals surface area contributed by atoms with Crippen molar-refractivity contribution in [2.45, 2.75) is 19.9 Å². The lowest BCUT2D eigenvalue weighted by atomic mass is 10.0. The van der Waals surface area contributed by atoms with Gasteiger partial charge in [0.15, 0.2) is 6.04 Å². The Hall–Kier alpha value is -3.34. The molecule has 2 aromatic carbocycles. The summed E-state index contributed by atoms with van der Waals surface area (Å²) in [5, 5.41) is 0. The van der Waals surface area contributed by atoms with Gasteiger partial charge in [0.25, 0.3) is 5.91 Å². The van der Waals surface area contributed by atoms with Gasteiger partial charge in [0.1, 0.15) is 12.3 Å². The minimum Gasteiger partial charge on any atom is -0.467 e. The Labute approximate surface area is 157 Å². The summed E-state index contributed by atoms with van der Waals surface area (Å²) < 4.78 is 5.53. The first-order valence-corrected chi connectivity index (χ1v) is 8.85. The highest BCUT2D eigenvalue weighted by molar-refractivity contribution is 6.14. The van der Waals surface area contributed by atoms with Gasteiger partial charge < -0.3 is 9.32 Å². The predicted octanol–water partition coefficient (Wildman–Crippen LogP) is 4.02. The average Bonchev–Trinajstić information content (AvgIpc) is 3.19. The summed E-state index contributed by atoms with van der Waals surface area (Å²) in [5.41, 5.74) is 3.58. The third-order valence-corrected chi connectivity index (χ3v) is 4.79. The highest BCUT2D eigenvalue weighted by atomic mass is 16.3. The van der Waals surface area contributed by atoms with Gasteiger partial charge in [-0.15, -0.1) is 0 Å². The zero-order valence-electron chi connectivity index (χ0n) is 15.3. The summed E-state index contributed by atoms with van der Waals surface area (Å²) in [6.45, 7) is 3.96. The van der Waals surface area contributed by atoms with Crippen LogP contribution in [0, 0.1) is 13.8 Å². The normalized spacial score (nSPS) is 17.5. The Kier molecular flexibility index (Phi) is 4.28. The molecule has 1 saturated heterocycles. The minimum absolute atomic E-state index is 0.00696. The molecule has 5 nitrogen and oxygen atoms in total. The molecule has 3 aromatic rings. The molecule has 0 N–H and O–H groups in total. The van der Waals surface area contributed by atoms with Crippen molar-refractivity contribution in [3.8, 4) is 0 Å². The first-order valence-electron chi connectivity index (χ1n) is 8.85. The van der Waals surface area contributed by atoms with Gasteiger partial charge in [0.05, 0.1) is 6.26 Å². The smallest absolute Gasteiger partial charge is 0.258 e. The van der Waals surface area contributed by atoms with E-state index in [2.05, 4.69) is 0 Å². The van der Waals surface area contributed by atoms with E-state index in [-0.39, 0.29) is 18.4 Å². The molecule has 2 heterocycles. The number of carbonyl (C=O) groups excluding carboxylic acids is 2. The molecule has 1 aliphatic rings. The lowest BCUT2D eigenvalue weighted by Gasteiger charge is -2.39. The molecule has 0 spiro atoms. The van der Waals surface area contributed by atoms with Gasteiger partial charge in [-0.05, 0) is 50.2 Å². The highest BCUT2D eigenvalue weighted by Gasteiger charge is 2.43. The number of hydrogen-bond acceptors (Lipinski definition) is 3. The Balaban J connectivity index is 1.77. The van der Waals surface area contributed by atoms with Crippen molar-refractivity contribution in [1.82, 2.24) is 0 Å². The largest absolute Gasteiger partial charge is 0.467 e. The summed E-state index contributed by atoms with van der Waals surface area (Å²) in [6, 6.07) is 17.8. The number of rotatable bonds is 3. The molecule has 0 radical (unpaired) electrons. The number of furan rings is 1. The summed E-state index contributed by atoms with van der Waals surface area (Å²) in [7, 11) is 0. The van der Waals surface area contributed by atoms with Gasteiger partial charge >= 0.3 is 0 Å². The summed E-state index contributed by atoms with van der Waals surface area (Å²) in [4.78, 5) is 29.5. The fraction of sp³-hybridized carbons (Fsp3) is 0.182. The fourth-order valence-electron chi connectivity index (χ4n) is 3.33. The van der Waals surface area contributed by atoms with E-state index in [0.29, 0.717) is 17.1 Å². The predicted molar refractivity (Wildman–Crippen MR) is 104 cm³/mol.